The summed E-state index contributed by atoms with van der Waals surface area (Å²) in [6, 6.07) is 2.62. The lowest BCUT2D eigenvalue weighted by atomic mass is 9.85. The van der Waals surface area contributed by atoms with E-state index in [0.29, 0.717) is 18.8 Å². The van der Waals surface area contributed by atoms with Gasteiger partial charge >= 0.3 is 5.97 Å². The highest BCUT2D eigenvalue weighted by atomic mass is 32.2. The van der Waals surface area contributed by atoms with Gasteiger partial charge in [0.1, 0.15) is 0 Å². The first-order valence-corrected chi connectivity index (χ1v) is 10.1. The molecule has 0 spiro atoms. The van der Waals surface area contributed by atoms with Crippen molar-refractivity contribution in [1.29, 1.82) is 0 Å². The first kappa shape index (κ1) is 18.9. The van der Waals surface area contributed by atoms with Crippen molar-refractivity contribution in [3.63, 3.8) is 0 Å². The van der Waals surface area contributed by atoms with E-state index in [1.165, 1.54) is 19.2 Å². The molecule has 3 rings (SSSR count). The third kappa shape index (κ3) is 4.43. The minimum Gasteiger partial charge on any atom is -0.480 e. The molecule has 9 nitrogen and oxygen atoms in total. The normalized spacial score (nSPS) is 22.8. The first-order chi connectivity index (χ1) is 12.3. The summed E-state index contributed by atoms with van der Waals surface area (Å²) in [6.45, 7) is 0.812. The van der Waals surface area contributed by atoms with Crippen LogP contribution in [0.2, 0.25) is 0 Å². The van der Waals surface area contributed by atoms with Crippen molar-refractivity contribution >= 4 is 21.9 Å². The third-order valence-electron chi connectivity index (χ3n) is 4.83. The zero-order valence-corrected chi connectivity index (χ0v) is 15.3. The van der Waals surface area contributed by atoms with E-state index in [2.05, 4.69) is 10.0 Å². The minimum absolute atomic E-state index is 0.0191. The van der Waals surface area contributed by atoms with Gasteiger partial charge in [0.15, 0.2) is 5.76 Å². The van der Waals surface area contributed by atoms with Gasteiger partial charge in [-0.15, -0.1) is 0 Å². The maximum atomic E-state index is 12.2. The number of carbonyl (C=O) groups is 2. The fourth-order valence-corrected chi connectivity index (χ4v) is 3.74. The number of rotatable bonds is 9. The molecular weight excluding hydrogens is 362 g/mol. The third-order valence-corrected chi connectivity index (χ3v) is 6.12. The number of aliphatic carboxylic acids is 1. The van der Waals surface area contributed by atoms with Crippen molar-refractivity contribution in [3.8, 4) is 0 Å². The summed E-state index contributed by atoms with van der Waals surface area (Å²) in [7, 11) is -2.47. The number of nitrogens with one attached hydrogen (secondary N) is 2. The van der Waals surface area contributed by atoms with Gasteiger partial charge in [-0.1, -0.05) is 0 Å². The number of carboxylic acid groups (broad SMARTS) is 1. The number of carbonyl (C=O) groups excluding carboxylic acids is 1. The van der Waals surface area contributed by atoms with Gasteiger partial charge in [-0.2, -0.15) is 0 Å². The number of carboxylic acids is 1. The van der Waals surface area contributed by atoms with Crippen LogP contribution in [0.5, 0.6) is 0 Å². The lowest BCUT2D eigenvalue weighted by molar-refractivity contribution is -0.139. The molecule has 10 heteroatoms. The highest BCUT2D eigenvalue weighted by Crippen LogP contribution is 2.33. The molecule has 1 aromatic rings. The lowest BCUT2D eigenvalue weighted by Crippen LogP contribution is -2.55. The molecule has 2 fully saturated rings. The molecule has 0 saturated heterocycles. The summed E-state index contributed by atoms with van der Waals surface area (Å²) in [5, 5.41) is 11.5. The Balaban J connectivity index is 1.51. The van der Waals surface area contributed by atoms with Crippen LogP contribution >= 0.6 is 0 Å². The van der Waals surface area contributed by atoms with Crippen LogP contribution in [-0.4, -0.2) is 62.5 Å². The Morgan fingerprint density at radius 2 is 2.00 bits per heavy atom. The van der Waals surface area contributed by atoms with Crippen LogP contribution in [0.25, 0.3) is 0 Å². The number of nitrogens with zero attached hydrogens (tertiary/aromatic N) is 1. The molecule has 1 aromatic heterocycles. The number of hydrogen-bond acceptors (Lipinski definition) is 6. The molecular formula is C16H23N3O6S. The zero-order chi connectivity index (χ0) is 18.9. The molecule has 0 bridgehead atoms. The summed E-state index contributed by atoms with van der Waals surface area (Å²) >= 11 is 0. The van der Waals surface area contributed by atoms with E-state index >= 15 is 0 Å². The molecule has 2 aliphatic carbocycles. The van der Waals surface area contributed by atoms with Crippen LogP contribution in [0.4, 0.5) is 0 Å². The number of furan rings is 1. The van der Waals surface area contributed by atoms with Gasteiger partial charge < -0.3 is 14.8 Å². The Hall–Kier alpha value is -1.91. The number of hydrogen-bond donors (Lipinski definition) is 3. The quantitative estimate of drug-likeness (QED) is 0.555. The molecule has 0 unspecified atom stereocenters. The Labute approximate surface area is 151 Å². The van der Waals surface area contributed by atoms with Crippen LogP contribution in [0.15, 0.2) is 21.6 Å². The van der Waals surface area contributed by atoms with Gasteiger partial charge in [-0.25, -0.2) is 13.1 Å². The number of sulfonamides is 1. The second-order valence-electron chi connectivity index (χ2n) is 6.89. The molecule has 26 heavy (non-hydrogen) atoms. The fourth-order valence-electron chi connectivity index (χ4n) is 3.10. The molecule has 0 radical (unpaired) electrons. The predicted molar refractivity (Wildman–Crippen MR) is 91.2 cm³/mol. The second-order valence-corrected chi connectivity index (χ2v) is 8.71. The molecule has 0 aliphatic heterocycles. The van der Waals surface area contributed by atoms with Crippen LogP contribution in [0, 0.1) is 5.92 Å². The monoisotopic (exact) mass is 385 g/mol. The number of amides is 1. The van der Waals surface area contributed by atoms with Crippen LogP contribution in [0.1, 0.15) is 36.2 Å². The van der Waals surface area contributed by atoms with Crippen molar-refractivity contribution < 1.29 is 27.5 Å². The average molecular weight is 385 g/mol. The summed E-state index contributed by atoms with van der Waals surface area (Å²) < 4.78 is 30.5. The van der Waals surface area contributed by atoms with Crippen molar-refractivity contribution in [2.75, 3.05) is 20.1 Å². The molecule has 0 aromatic carbocycles. The Bertz CT molecular complexity index is 780. The Morgan fingerprint density at radius 3 is 2.58 bits per heavy atom. The molecule has 1 amide bonds. The van der Waals surface area contributed by atoms with Crippen molar-refractivity contribution in [2.24, 2.45) is 5.92 Å². The van der Waals surface area contributed by atoms with Crippen molar-refractivity contribution in [2.45, 2.75) is 42.9 Å². The van der Waals surface area contributed by atoms with Gasteiger partial charge in [-0.05, 0) is 50.8 Å². The highest BCUT2D eigenvalue weighted by molar-refractivity contribution is 7.89. The van der Waals surface area contributed by atoms with Gasteiger partial charge in [-0.3, -0.25) is 14.5 Å². The first-order valence-electron chi connectivity index (χ1n) is 8.58. The van der Waals surface area contributed by atoms with E-state index in [1.807, 2.05) is 4.90 Å². The van der Waals surface area contributed by atoms with E-state index in [-0.39, 0.29) is 29.5 Å². The van der Waals surface area contributed by atoms with E-state index in [9.17, 15) is 18.0 Å². The van der Waals surface area contributed by atoms with E-state index in [0.717, 1.165) is 19.4 Å². The van der Waals surface area contributed by atoms with Crippen molar-refractivity contribution in [1.82, 2.24) is 14.9 Å². The Morgan fingerprint density at radius 1 is 1.31 bits per heavy atom. The molecule has 3 N–H and O–H groups in total. The van der Waals surface area contributed by atoms with E-state index in [4.69, 9.17) is 9.52 Å². The van der Waals surface area contributed by atoms with E-state index in [1.54, 1.807) is 0 Å². The summed E-state index contributed by atoms with van der Waals surface area (Å²) in [5.74, 6) is -0.786. The molecule has 144 valence electrons. The zero-order valence-electron chi connectivity index (χ0n) is 14.5. The molecule has 2 saturated carbocycles. The van der Waals surface area contributed by atoms with Crippen molar-refractivity contribution in [3.05, 3.63) is 17.9 Å². The molecule has 1 heterocycles. The maximum Gasteiger partial charge on any atom is 0.317 e. The average Bonchev–Trinajstić information content (AvgIpc) is 3.20. The predicted octanol–water partition coefficient (Wildman–Crippen LogP) is 0.245. The smallest absolute Gasteiger partial charge is 0.317 e. The maximum absolute atomic E-state index is 12.2. The lowest BCUT2D eigenvalue weighted by Gasteiger charge is -2.42. The van der Waals surface area contributed by atoms with Gasteiger partial charge in [0.05, 0.1) is 6.54 Å². The summed E-state index contributed by atoms with van der Waals surface area (Å²) in [6.07, 6.45) is 3.65. The molecule has 0 atom stereocenters. The van der Waals surface area contributed by atoms with Crippen LogP contribution < -0.4 is 10.0 Å². The summed E-state index contributed by atoms with van der Waals surface area (Å²) in [4.78, 5) is 25.2. The standard InChI is InChI=1S/C16H23N3O6S/c1-17-26(23,24)15-5-4-13(25-15)16(22)18-11-6-12(7-11)19(9-14(20)21)8-10-2-3-10/h4-5,10-12,17H,2-3,6-9H2,1H3,(H,18,22)(H,20,21). The molecule has 2 aliphatic rings. The van der Waals surface area contributed by atoms with Gasteiger partial charge in [0.2, 0.25) is 5.09 Å². The Kier molecular flexibility index (Phi) is 5.35. The summed E-state index contributed by atoms with van der Waals surface area (Å²) in [5.41, 5.74) is 0. The SMILES string of the molecule is CNS(=O)(=O)c1ccc(C(=O)NC2CC(N(CC(=O)O)CC3CC3)C2)o1. The fraction of sp³-hybridized carbons (Fsp3) is 0.625. The largest absolute Gasteiger partial charge is 0.480 e. The van der Waals surface area contributed by atoms with Gasteiger partial charge in [0, 0.05) is 18.6 Å². The topological polar surface area (TPSA) is 129 Å². The van der Waals surface area contributed by atoms with Crippen LogP contribution in [0.3, 0.4) is 0 Å². The van der Waals surface area contributed by atoms with Crippen LogP contribution in [-0.2, 0) is 14.8 Å². The van der Waals surface area contributed by atoms with E-state index < -0.39 is 21.9 Å². The van der Waals surface area contributed by atoms with Gasteiger partial charge in [0.25, 0.3) is 15.9 Å². The minimum atomic E-state index is -3.73. The second kappa shape index (κ2) is 7.37. The highest BCUT2D eigenvalue weighted by Gasteiger charge is 2.38.